The lowest BCUT2D eigenvalue weighted by atomic mass is 10.1. The average molecular weight is 332 g/mol. The zero-order chi connectivity index (χ0) is 16.4. The molecule has 0 radical (unpaired) electrons. The van der Waals surface area contributed by atoms with Crippen molar-refractivity contribution in [2.75, 3.05) is 38.3 Å². The van der Waals surface area contributed by atoms with Gasteiger partial charge in [-0.3, -0.25) is 0 Å². The van der Waals surface area contributed by atoms with Crippen LogP contribution in [0.2, 0.25) is 0 Å². The van der Waals surface area contributed by atoms with Gasteiger partial charge in [0.1, 0.15) is 0 Å². The maximum absolute atomic E-state index is 12.7. The summed E-state index contributed by atoms with van der Waals surface area (Å²) in [5.74, 6) is 1.90. The van der Waals surface area contributed by atoms with Crippen LogP contribution in [0.4, 0.5) is 10.5 Å². The minimum Gasteiger partial charge on any atom is -0.490 e. The van der Waals surface area contributed by atoms with Crippen molar-refractivity contribution < 1.29 is 19.0 Å². The Labute approximate surface area is 142 Å². The first-order chi connectivity index (χ1) is 11.8. The third-order valence-corrected chi connectivity index (χ3v) is 4.73. The molecule has 1 N–H and O–H groups in total. The third-order valence-electron chi connectivity index (χ3n) is 4.73. The number of hydrogen-bond donors (Lipinski definition) is 1. The molecule has 24 heavy (non-hydrogen) atoms. The van der Waals surface area contributed by atoms with Crippen molar-refractivity contribution >= 4 is 11.7 Å². The molecule has 4 rings (SSSR count). The number of urea groups is 1. The maximum Gasteiger partial charge on any atom is 0.322 e. The molecule has 2 amide bonds. The zero-order valence-electron chi connectivity index (χ0n) is 13.8. The molecule has 1 aromatic rings. The molecule has 1 saturated carbocycles. The molecule has 1 aromatic carbocycles. The van der Waals surface area contributed by atoms with Gasteiger partial charge in [0.15, 0.2) is 11.5 Å². The molecule has 2 fully saturated rings. The SMILES string of the molecule is O=C(Nc1ccc2c(c1)OCCCO2)N(CC1CCOC1)C1CC1. The maximum atomic E-state index is 12.7. The second kappa shape index (κ2) is 6.89. The Morgan fingerprint density at radius 1 is 1.12 bits per heavy atom. The highest BCUT2D eigenvalue weighted by Crippen LogP contribution is 2.33. The van der Waals surface area contributed by atoms with Crippen molar-refractivity contribution in [2.24, 2.45) is 5.92 Å². The standard InChI is InChI=1S/C18H24N2O4/c21-18(20(15-3-4-15)11-13-6-9-22-12-13)19-14-2-5-16-17(10-14)24-8-1-7-23-16/h2,5,10,13,15H,1,3-4,6-9,11-12H2,(H,19,21). The van der Waals surface area contributed by atoms with E-state index in [2.05, 4.69) is 5.32 Å². The first-order valence-corrected chi connectivity index (χ1v) is 8.84. The summed E-state index contributed by atoms with van der Waals surface area (Å²) in [4.78, 5) is 14.7. The van der Waals surface area contributed by atoms with E-state index in [1.54, 1.807) is 0 Å². The molecule has 1 atom stereocenters. The molecule has 130 valence electrons. The minimum absolute atomic E-state index is 0.0288. The number of nitrogens with one attached hydrogen (secondary N) is 1. The molecule has 1 aliphatic carbocycles. The van der Waals surface area contributed by atoms with Crippen LogP contribution in [0.1, 0.15) is 25.7 Å². The number of carbonyl (C=O) groups excluding carboxylic acids is 1. The first kappa shape index (κ1) is 15.6. The molecule has 1 saturated heterocycles. The molecular formula is C18H24N2O4. The zero-order valence-corrected chi connectivity index (χ0v) is 13.8. The Kier molecular flexibility index (Phi) is 4.47. The second-order valence-corrected chi connectivity index (χ2v) is 6.76. The normalized spacial score (nSPS) is 22.8. The Morgan fingerprint density at radius 2 is 1.96 bits per heavy atom. The van der Waals surface area contributed by atoms with Crippen LogP contribution < -0.4 is 14.8 Å². The molecule has 1 unspecified atom stereocenters. The first-order valence-electron chi connectivity index (χ1n) is 8.84. The van der Waals surface area contributed by atoms with Crippen molar-refractivity contribution in [2.45, 2.75) is 31.7 Å². The van der Waals surface area contributed by atoms with E-state index in [1.807, 2.05) is 23.1 Å². The minimum atomic E-state index is -0.0288. The number of anilines is 1. The molecule has 0 spiro atoms. The lowest BCUT2D eigenvalue weighted by molar-refractivity contribution is 0.167. The summed E-state index contributed by atoms with van der Waals surface area (Å²) >= 11 is 0. The van der Waals surface area contributed by atoms with Crippen molar-refractivity contribution in [3.05, 3.63) is 18.2 Å². The lowest BCUT2D eigenvalue weighted by Crippen LogP contribution is -2.40. The summed E-state index contributed by atoms with van der Waals surface area (Å²) in [7, 11) is 0. The van der Waals surface area contributed by atoms with Crippen LogP contribution in [-0.4, -0.2) is 49.9 Å². The number of rotatable bonds is 4. The Balaban J connectivity index is 1.43. The van der Waals surface area contributed by atoms with Gasteiger partial charge in [0.05, 0.1) is 19.8 Å². The van der Waals surface area contributed by atoms with Crippen molar-refractivity contribution in [3.8, 4) is 11.5 Å². The highest BCUT2D eigenvalue weighted by molar-refractivity contribution is 5.90. The van der Waals surface area contributed by atoms with E-state index in [9.17, 15) is 4.79 Å². The fourth-order valence-electron chi connectivity index (χ4n) is 3.23. The van der Waals surface area contributed by atoms with Crippen LogP contribution in [0.5, 0.6) is 11.5 Å². The second-order valence-electron chi connectivity index (χ2n) is 6.76. The van der Waals surface area contributed by atoms with E-state index in [4.69, 9.17) is 14.2 Å². The molecular weight excluding hydrogens is 308 g/mol. The van der Waals surface area contributed by atoms with Gasteiger partial charge in [-0.2, -0.15) is 0 Å². The van der Waals surface area contributed by atoms with Gasteiger partial charge in [0.25, 0.3) is 0 Å². The van der Waals surface area contributed by atoms with Crippen LogP contribution in [0, 0.1) is 5.92 Å². The summed E-state index contributed by atoms with van der Waals surface area (Å²) in [6.45, 7) is 3.66. The van der Waals surface area contributed by atoms with E-state index >= 15 is 0 Å². The smallest absolute Gasteiger partial charge is 0.322 e. The summed E-state index contributed by atoms with van der Waals surface area (Å²) in [6, 6.07) is 5.94. The van der Waals surface area contributed by atoms with Gasteiger partial charge >= 0.3 is 6.03 Å². The number of ether oxygens (including phenoxy) is 3. The molecule has 2 heterocycles. The van der Waals surface area contributed by atoms with Gasteiger partial charge < -0.3 is 24.4 Å². The van der Waals surface area contributed by atoms with E-state index in [0.29, 0.717) is 30.9 Å². The van der Waals surface area contributed by atoms with E-state index in [1.165, 1.54) is 0 Å². The molecule has 0 aromatic heterocycles. The van der Waals surface area contributed by atoms with Crippen LogP contribution in [-0.2, 0) is 4.74 Å². The molecule has 0 bridgehead atoms. The predicted molar refractivity (Wildman–Crippen MR) is 89.7 cm³/mol. The van der Waals surface area contributed by atoms with Crippen LogP contribution >= 0.6 is 0 Å². The average Bonchev–Trinajstić information content (AvgIpc) is 3.34. The lowest BCUT2D eigenvalue weighted by Gasteiger charge is -2.25. The topological polar surface area (TPSA) is 60.0 Å². The Bertz CT molecular complexity index is 597. The van der Waals surface area contributed by atoms with Crippen LogP contribution in [0.25, 0.3) is 0 Å². The third kappa shape index (κ3) is 3.59. The molecule has 3 aliphatic rings. The molecule has 2 aliphatic heterocycles. The van der Waals surface area contributed by atoms with E-state index in [-0.39, 0.29) is 6.03 Å². The number of amides is 2. The van der Waals surface area contributed by atoms with Crippen molar-refractivity contribution in [1.82, 2.24) is 4.90 Å². The van der Waals surface area contributed by atoms with Crippen molar-refractivity contribution in [3.63, 3.8) is 0 Å². The predicted octanol–water partition coefficient (Wildman–Crippen LogP) is 2.88. The van der Waals surface area contributed by atoms with E-state index in [0.717, 1.165) is 56.9 Å². The summed E-state index contributed by atoms with van der Waals surface area (Å²) < 4.78 is 16.8. The monoisotopic (exact) mass is 332 g/mol. The van der Waals surface area contributed by atoms with Gasteiger partial charge in [-0.1, -0.05) is 0 Å². The highest BCUT2D eigenvalue weighted by Gasteiger charge is 2.35. The Morgan fingerprint density at radius 3 is 2.71 bits per heavy atom. The number of nitrogens with zero attached hydrogens (tertiary/aromatic N) is 1. The fraction of sp³-hybridized carbons (Fsp3) is 0.611. The van der Waals surface area contributed by atoms with E-state index < -0.39 is 0 Å². The number of carbonyl (C=O) groups is 1. The van der Waals surface area contributed by atoms with Gasteiger partial charge in [-0.05, 0) is 31.4 Å². The van der Waals surface area contributed by atoms with Gasteiger partial charge in [-0.25, -0.2) is 4.79 Å². The number of benzene rings is 1. The molecule has 6 nitrogen and oxygen atoms in total. The van der Waals surface area contributed by atoms with Crippen LogP contribution in [0.15, 0.2) is 18.2 Å². The van der Waals surface area contributed by atoms with Gasteiger partial charge in [0, 0.05) is 43.3 Å². The van der Waals surface area contributed by atoms with Crippen LogP contribution in [0.3, 0.4) is 0 Å². The quantitative estimate of drug-likeness (QED) is 0.921. The highest BCUT2D eigenvalue weighted by atomic mass is 16.5. The van der Waals surface area contributed by atoms with Gasteiger partial charge in [-0.15, -0.1) is 0 Å². The number of hydrogen-bond acceptors (Lipinski definition) is 4. The Hall–Kier alpha value is -1.95. The number of fused-ring (bicyclic) bond motifs is 1. The fourth-order valence-corrected chi connectivity index (χ4v) is 3.23. The molecule has 6 heteroatoms. The van der Waals surface area contributed by atoms with Gasteiger partial charge in [0.2, 0.25) is 0 Å². The van der Waals surface area contributed by atoms with Crippen molar-refractivity contribution in [1.29, 1.82) is 0 Å². The largest absolute Gasteiger partial charge is 0.490 e. The summed E-state index contributed by atoms with van der Waals surface area (Å²) in [6.07, 6.45) is 4.11. The summed E-state index contributed by atoms with van der Waals surface area (Å²) in [5, 5.41) is 3.02. The summed E-state index contributed by atoms with van der Waals surface area (Å²) in [5.41, 5.74) is 0.748.